The van der Waals surface area contributed by atoms with E-state index >= 15 is 0 Å². The van der Waals surface area contributed by atoms with Gasteiger partial charge in [-0.05, 0) is 38.0 Å². The van der Waals surface area contributed by atoms with E-state index in [4.69, 9.17) is 0 Å². The van der Waals surface area contributed by atoms with E-state index in [1.54, 1.807) is 0 Å². The smallest absolute Gasteiger partial charge is 0.207 e. The molecule has 1 N–H and O–H groups in total. The van der Waals surface area contributed by atoms with E-state index in [0.717, 1.165) is 34.8 Å². The average molecular weight is 308 g/mol. The van der Waals surface area contributed by atoms with Gasteiger partial charge in [-0.1, -0.05) is 28.9 Å². The van der Waals surface area contributed by atoms with Gasteiger partial charge in [-0.3, -0.25) is 4.57 Å². The molecule has 2 aromatic rings. The van der Waals surface area contributed by atoms with Crippen LogP contribution in [0.25, 0.3) is 5.69 Å². The van der Waals surface area contributed by atoms with Crippen LogP contribution in [-0.2, 0) is 0 Å². The summed E-state index contributed by atoms with van der Waals surface area (Å²) in [6.07, 6.45) is 3.15. The normalized spacial score (nSPS) is 10.7. The molecule has 0 unspecified atom stereocenters. The molecule has 0 aliphatic rings. The number of nitrogens with zero attached hydrogens (tertiary/aromatic N) is 2. The first-order valence-corrected chi connectivity index (χ1v) is 6.97. The summed E-state index contributed by atoms with van der Waals surface area (Å²) in [5.41, 5.74) is 3.41. The summed E-state index contributed by atoms with van der Waals surface area (Å²) >= 11 is 3.52. The van der Waals surface area contributed by atoms with Crippen molar-refractivity contribution in [1.29, 1.82) is 0 Å². The Hall–Kier alpha value is -1.29. The zero-order chi connectivity index (χ0) is 13.1. The van der Waals surface area contributed by atoms with Crippen LogP contribution in [-0.4, -0.2) is 16.1 Å². The second-order valence-corrected chi connectivity index (χ2v) is 5.35. The number of aryl methyl sites for hydroxylation is 2. The molecule has 96 valence electrons. The molecule has 3 nitrogen and oxygen atoms in total. The van der Waals surface area contributed by atoms with Crippen LogP contribution in [0.15, 0.2) is 28.9 Å². The van der Waals surface area contributed by atoms with Gasteiger partial charge in [-0.2, -0.15) is 0 Å². The highest BCUT2D eigenvalue weighted by atomic mass is 79.9. The number of nitrogens with one attached hydrogen (secondary N) is 1. The van der Waals surface area contributed by atoms with Crippen molar-refractivity contribution in [2.45, 2.75) is 27.2 Å². The Morgan fingerprint density at radius 3 is 2.83 bits per heavy atom. The van der Waals surface area contributed by atoms with Crippen molar-refractivity contribution in [3.8, 4) is 5.69 Å². The molecule has 1 aromatic heterocycles. The molecular weight excluding hydrogens is 290 g/mol. The lowest BCUT2D eigenvalue weighted by Crippen LogP contribution is -2.07. The molecule has 0 bridgehead atoms. The first-order chi connectivity index (χ1) is 8.61. The molecule has 0 spiro atoms. The third-order valence-corrected chi connectivity index (χ3v) is 3.28. The summed E-state index contributed by atoms with van der Waals surface area (Å²) in [7, 11) is 0. The molecule has 0 aliphatic carbocycles. The van der Waals surface area contributed by atoms with Crippen LogP contribution in [0.1, 0.15) is 24.6 Å². The van der Waals surface area contributed by atoms with Gasteiger partial charge in [0.25, 0.3) is 0 Å². The van der Waals surface area contributed by atoms with Crippen molar-refractivity contribution in [2.75, 3.05) is 11.9 Å². The van der Waals surface area contributed by atoms with Gasteiger partial charge in [0.15, 0.2) is 0 Å². The topological polar surface area (TPSA) is 29.9 Å². The summed E-state index contributed by atoms with van der Waals surface area (Å²) in [5.74, 6) is 0.913. The molecule has 0 aliphatic heterocycles. The largest absolute Gasteiger partial charge is 0.355 e. The number of hydrogen-bond acceptors (Lipinski definition) is 2. The summed E-state index contributed by atoms with van der Waals surface area (Å²) in [4.78, 5) is 4.53. The number of aromatic nitrogens is 2. The Morgan fingerprint density at radius 2 is 2.11 bits per heavy atom. The first-order valence-electron chi connectivity index (χ1n) is 6.18. The Labute approximate surface area is 116 Å². The summed E-state index contributed by atoms with van der Waals surface area (Å²) in [6.45, 7) is 7.21. The predicted octanol–water partition coefficient (Wildman–Crippen LogP) is 4.07. The fourth-order valence-electron chi connectivity index (χ4n) is 1.88. The van der Waals surface area contributed by atoms with Crippen LogP contribution in [0.3, 0.4) is 0 Å². The minimum atomic E-state index is 0.913. The van der Waals surface area contributed by atoms with Crippen molar-refractivity contribution in [3.05, 3.63) is 40.1 Å². The van der Waals surface area contributed by atoms with Crippen LogP contribution in [0.5, 0.6) is 0 Å². The van der Waals surface area contributed by atoms with Crippen LogP contribution in [0.4, 0.5) is 5.95 Å². The predicted molar refractivity (Wildman–Crippen MR) is 79.5 cm³/mol. The highest BCUT2D eigenvalue weighted by molar-refractivity contribution is 9.10. The van der Waals surface area contributed by atoms with Crippen LogP contribution < -0.4 is 5.32 Å². The number of imidazole rings is 1. The van der Waals surface area contributed by atoms with Gasteiger partial charge in [-0.25, -0.2) is 4.98 Å². The van der Waals surface area contributed by atoms with Crippen molar-refractivity contribution in [3.63, 3.8) is 0 Å². The van der Waals surface area contributed by atoms with Gasteiger partial charge in [-0.15, -0.1) is 0 Å². The standard InChI is InChI=1S/C14H18BrN3/c1-4-7-16-14-17-11(3)9-18(14)13-8-12(15)6-5-10(13)2/h5-6,8-9H,4,7H2,1-3H3,(H,16,17). The number of hydrogen-bond donors (Lipinski definition) is 1. The molecule has 1 heterocycles. The Bertz CT molecular complexity index is 546. The minimum Gasteiger partial charge on any atom is -0.355 e. The molecule has 2 rings (SSSR count). The van der Waals surface area contributed by atoms with Crippen molar-refractivity contribution >= 4 is 21.9 Å². The Morgan fingerprint density at radius 1 is 1.33 bits per heavy atom. The molecule has 0 fully saturated rings. The number of anilines is 1. The third-order valence-electron chi connectivity index (χ3n) is 2.79. The van der Waals surface area contributed by atoms with Crippen LogP contribution in [0.2, 0.25) is 0 Å². The maximum absolute atomic E-state index is 4.53. The Kier molecular flexibility index (Phi) is 4.07. The fraction of sp³-hybridized carbons (Fsp3) is 0.357. The van der Waals surface area contributed by atoms with Crippen molar-refractivity contribution in [1.82, 2.24) is 9.55 Å². The number of rotatable bonds is 4. The molecular formula is C14H18BrN3. The molecule has 0 saturated carbocycles. The lowest BCUT2D eigenvalue weighted by molar-refractivity contribution is 0.934. The van der Waals surface area contributed by atoms with E-state index in [0.29, 0.717) is 0 Å². The zero-order valence-electron chi connectivity index (χ0n) is 11.0. The van der Waals surface area contributed by atoms with Gasteiger partial charge < -0.3 is 5.32 Å². The molecule has 0 atom stereocenters. The summed E-state index contributed by atoms with van der Waals surface area (Å²) < 4.78 is 3.20. The van der Waals surface area contributed by atoms with E-state index in [9.17, 15) is 0 Å². The van der Waals surface area contributed by atoms with E-state index in [-0.39, 0.29) is 0 Å². The van der Waals surface area contributed by atoms with Gasteiger partial charge in [0, 0.05) is 17.2 Å². The SMILES string of the molecule is CCCNc1nc(C)cn1-c1cc(Br)ccc1C. The highest BCUT2D eigenvalue weighted by Crippen LogP contribution is 2.23. The molecule has 0 radical (unpaired) electrons. The van der Waals surface area contributed by atoms with E-state index in [1.165, 1.54) is 5.56 Å². The maximum atomic E-state index is 4.53. The average Bonchev–Trinajstić information content (AvgIpc) is 2.71. The summed E-state index contributed by atoms with van der Waals surface area (Å²) in [6, 6.07) is 6.29. The first kappa shape index (κ1) is 13.1. The van der Waals surface area contributed by atoms with E-state index < -0.39 is 0 Å². The minimum absolute atomic E-state index is 0.913. The fourth-order valence-corrected chi connectivity index (χ4v) is 2.23. The van der Waals surface area contributed by atoms with E-state index in [2.05, 4.69) is 69.0 Å². The number of benzene rings is 1. The second-order valence-electron chi connectivity index (χ2n) is 4.43. The maximum Gasteiger partial charge on any atom is 0.207 e. The Balaban J connectivity index is 2.45. The lowest BCUT2D eigenvalue weighted by atomic mass is 10.2. The molecule has 0 saturated heterocycles. The molecule has 1 aromatic carbocycles. The quantitative estimate of drug-likeness (QED) is 0.922. The molecule has 18 heavy (non-hydrogen) atoms. The number of halogens is 1. The van der Waals surface area contributed by atoms with Crippen molar-refractivity contribution < 1.29 is 0 Å². The monoisotopic (exact) mass is 307 g/mol. The van der Waals surface area contributed by atoms with Crippen molar-refractivity contribution in [2.24, 2.45) is 0 Å². The molecule has 0 amide bonds. The van der Waals surface area contributed by atoms with Crippen LogP contribution >= 0.6 is 15.9 Å². The van der Waals surface area contributed by atoms with Gasteiger partial charge in [0.2, 0.25) is 5.95 Å². The third kappa shape index (κ3) is 2.75. The highest BCUT2D eigenvalue weighted by Gasteiger charge is 2.09. The molecule has 4 heteroatoms. The zero-order valence-corrected chi connectivity index (χ0v) is 12.6. The van der Waals surface area contributed by atoms with Gasteiger partial charge in [0.05, 0.1) is 11.4 Å². The van der Waals surface area contributed by atoms with Gasteiger partial charge >= 0.3 is 0 Å². The second kappa shape index (κ2) is 5.57. The summed E-state index contributed by atoms with van der Waals surface area (Å²) in [5, 5.41) is 3.37. The van der Waals surface area contributed by atoms with Crippen LogP contribution in [0, 0.1) is 13.8 Å². The lowest BCUT2D eigenvalue weighted by Gasteiger charge is -2.12. The van der Waals surface area contributed by atoms with E-state index in [1.807, 2.05) is 6.92 Å². The van der Waals surface area contributed by atoms with Gasteiger partial charge in [0.1, 0.15) is 0 Å².